The number of morpholine rings is 1. The first-order chi connectivity index (χ1) is 15.0. The van der Waals surface area contributed by atoms with Gasteiger partial charge in [0.15, 0.2) is 0 Å². The number of aryl methyl sites for hydroxylation is 1. The summed E-state index contributed by atoms with van der Waals surface area (Å²) in [5.41, 5.74) is 1.97. The fourth-order valence-electron chi connectivity index (χ4n) is 3.42. The number of para-hydroxylation sites is 1. The molecule has 1 fully saturated rings. The van der Waals surface area contributed by atoms with E-state index in [1.807, 2.05) is 24.3 Å². The number of aromatic amines is 1. The summed E-state index contributed by atoms with van der Waals surface area (Å²) in [6, 6.07) is 12.2. The lowest BCUT2D eigenvalue weighted by molar-refractivity contribution is -0.0247. The minimum Gasteiger partial charge on any atom is -0.492 e. The number of nitrogens with zero attached hydrogens (tertiary/aromatic N) is 3. The lowest BCUT2D eigenvalue weighted by Gasteiger charge is -2.32. The van der Waals surface area contributed by atoms with Gasteiger partial charge in [-0.3, -0.25) is 14.7 Å². The monoisotopic (exact) mass is 442 g/mol. The lowest BCUT2D eigenvalue weighted by Crippen LogP contribution is -2.42. The summed E-state index contributed by atoms with van der Waals surface area (Å²) in [6.45, 7) is 1.75. The Hall–Kier alpha value is -3.10. The molecule has 0 saturated carbocycles. The Morgan fingerprint density at radius 1 is 1.32 bits per heavy atom. The van der Waals surface area contributed by atoms with Crippen LogP contribution in [0.2, 0.25) is 5.02 Å². The molecule has 1 atom stereocenters. The minimum absolute atomic E-state index is 0.132. The van der Waals surface area contributed by atoms with Gasteiger partial charge in [-0.05, 0) is 24.3 Å². The van der Waals surface area contributed by atoms with E-state index in [2.05, 4.69) is 10.2 Å². The molecular weight excluding hydrogens is 420 g/mol. The van der Waals surface area contributed by atoms with Gasteiger partial charge >= 0.3 is 0 Å². The summed E-state index contributed by atoms with van der Waals surface area (Å²) in [6.07, 6.45) is 1.87. The Balaban J connectivity index is 1.36. The zero-order chi connectivity index (χ0) is 21.8. The molecule has 0 unspecified atom stereocenters. The van der Waals surface area contributed by atoms with Crippen molar-refractivity contribution in [3.63, 3.8) is 0 Å². The van der Waals surface area contributed by atoms with Gasteiger partial charge in [-0.2, -0.15) is 5.10 Å². The Bertz CT molecular complexity index is 1130. The highest BCUT2D eigenvalue weighted by molar-refractivity contribution is 6.32. The molecule has 0 aliphatic carbocycles. The number of hydrogen-bond donors (Lipinski definition) is 1. The van der Waals surface area contributed by atoms with Crippen LogP contribution in [0.25, 0.3) is 0 Å². The van der Waals surface area contributed by atoms with Crippen molar-refractivity contribution in [2.24, 2.45) is 7.05 Å². The summed E-state index contributed by atoms with van der Waals surface area (Å²) < 4.78 is 13.0. The predicted molar refractivity (Wildman–Crippen MR) is 116 cm³/mol. The maximum Gasteiger partial charge on any atom is 0.255 e. The Morgan fingerprint density at radius 3 is 2.97 bits per heavy atom. The van der Waals surface area contributed by atoms with Crippen LogP contribution in [0.5, 0.6) is 5.75 Å². The molecule has 1 aliphatic heterocycles. The van der Waals surface area contributed by atoms with Crippen LogP contribution in [-0.2, 0) is 18.2 Å². The number of aromatic nitrogens is 3. The number of amides is 1. The molecule has 0 spiro atoms. The third kappa shape index (κ3) is 4.98. The Morgan fingerprint density at radius 2 is 2.16 bits per heavy atom. The van der Waals surface area contributed by atoms with Crippen molar-refractivity contribution in [3.8, 4) is 5.75 Å². The molecule has 8 nitrogen and oxygen atoms in total. The zero-order valence-electron chi connectivity index (χ0n) is 17.1. The second-order valence-corrected chi connectivity index (χ2v) is 7.73. The number of rotatable bonds is 6. The summed E-state index contributed by atoms with van der Waals surface area (Å²) in [5, 5.41) is 7.94. The number of hydrogen-bond acceptors (Lipinski definition) is 5. The van der Waals surface area contributed by atoms with Crippen molar-refractivity contribution in [1.29, 1.82) is 0 Å². The number of carbonyl (C=O) groups is 1. The number of ether oxygens (including phenoxy) is 2. The molecule has 1 amide bonds. The second-order valence-electron chi connectivity index (χ2n) is 7.32. The third-order valence-electron chi connectivity index (χ3n) is 5.13. The first-order valence-corrected chi connectivity index (χ1v) is 10.4. The number of carbonyl (C=O) groups excluding carboxylic acids is 1. The van der Waals surface area contributed by atoms with Gasteiger partial charge in [0.25, 0.3) is 5.91 Å². The van der Waals surface area contributed by atoms with E-state index in [1.165, 1.54) is 10.6 Å². The summed E-state index contributed by atoms with van der Waals surface area (Å²) in [4.78, 5) is 26.1. The van der Waals surface area contributed by atoms with Crippen LogP contribution < -0.4 is 10.3 Å². The van der Waals surface area contributed by atoms with E-state index in [-0.39, 0.29) is 17.6 Å². The van der Waals surface area contributed by atoms with Crippen LogP contribution in [0.1, 0.15) is 27.8 Å². The van der Waals surface area contributed by atoms with Crippen molar-refractivity contribution in [1.82, 2.24) is 19.7 Å². The van der Waals surface area contributed by atoms with Gasteiger partial charge < -0.3 is 18.9 Å². The van der Waals surface area contributed by atoms with Crippen molar-refractivity contribution in [2.75, 3.05) is 26.3 Å². The highest BCUT2D eigenvalue weighted by Crippen LogP contribution is 2.24. The first kappa shape index (κ1) is 21.1. The van der Waals surface area contributed by atoms with Crippen LogP contribution in [0.15, 0.2) is 53.5 Å². The molecule has 9 heteroatoms. The normalized spacial score (nSPS) is 16.3. The van der Waals surface area contributed by atoms with E-state index in [0.29, 0.717) is 49.1 Å². The SMILES string of the molecule is Cn1cc(C(=O)N2CCO[C@@H](c3cc(CCOc4ccccc4Cl)[nH]n3)C2)ccc1=O. The summed E-state index contributed by atoms with van der Waals surface area (Å²) >= 11 is 6.10. The fourth-order valence-corrected chi connectivity index (χ4v) is 3.61. The minimum atomic E-state index is -0.320. The fraction of sp³-hybridized carbons (Fsp3) is 0.318. The van der Waals surface area contributed by atoms with E-state index in [9.17, 15) is 9.59 Å². The van der Waals surface area contributed by atoms with Crippen molar-refractivity contribution < 1.29 is 14.3 Å². The average molecular weight is 443 g/mol. The molecule has 1 aliphatic rings. The van der Waals surface area contributed by atoms with Gasteiger partial charge in [0.2, 0.25) is 5.56 Å². The van der Waals surface area contributed by atoms with Gasteiger partial charge in [0.05, 0.1) is 36.0 Å². The average Bonchev–Trinajstić information content (AvgIpc) is 3.26. The van der Waals surface area contributed by atoms with Gasteiger partial charge in [0, 0.05) is 38.0 Å². The largest absolute Gasteiger partial charge is 0.492 e. The van der Waals surface area contributed by atoms with Crippen molar-refractivity contribution in [3.05, 3.63) is 81.0 Å². The molecule has 4 rings (SSSR count). The molecule has 1 saturated heterocycles. The van der Waals surface area contributed by atoms with E-state index in [4.69, 9.17) is 21.1 Å². The zero-order valence-corrected chi connectivity index (χ0v) is 17.8. The van der Waals surface area contributed by atoms with Crippen LogP contribution in [0.4, 0.5) is 0 Å². The Labute approximate surface area is 184 Å². The number of nitrogens with one attached hydrogen (secondary N) is 1. The van der Waals surface area contributed by atoms with Crippen LogP contribution in [-0.4, -0.2) is 51.9 Å². The predicted octanol–water partition coefficient (Wildman–Crippen LogP) is 2.60. The van der Waals surface area contributed by atoms with E-state index in [0.717, 1.165) is 11.4 Å². The highest BCUT2D eigenvalue weighted by Gasteiger charge is 2.28. The number of H-pyrrole nitrogens is 1. The maximum atomic E-state index is 12.8. The first-order valence-electron chi connectivity index (χ1n) is 10.0. The highest BCUT2D eigenvalue weighted by atomic mass is 35.5. The number of pyridine rings is 1. The smallest absolute Gasteiger partial charge is 0.255 e. The quantitative estimate of drug-likeness (QED) is 0.633. The number of halogens is 1. The van der Waals surface area contributed by atoms with Crippen molar-refractivity contribution in [2.45, 2.75) is 12.5 Å². The second kappa shape index (κ2) is 9.36. The Kier molecular flexibility index (Phi) is 6.39. The van der Waals surface area contributed by atoms with Crippen LogP contribution in [0, 0.1) is 0 Å². The van der Waals surface area contributed by atoms with Gasteiger partial charge in [-0.15, -0.1) is 0 Å². The molecule has 1 N–H and O–H groups in total. The molecule has 0 radical (unpaired) electrons. The lowest BCUT2D eigenvalue weighted by atomic mass is 10.1. The van der Waals surface area contributed by atoms with Crippen molar-refractivity contribution >= 4 is 17.5 Å². The molecule has 162 valence electrons. The molecule has 2 aromatic heterocycles. The molecule has 31 heavy (non-hydrogen) atoms. The topological polar surface area (TPSA) is 89.4 Å². The molecule has 1 aromatic carbocycles. The van der Waals surface area contributed by atoms with Gasteiger partial charge in [0.1, 0.15) is 11.9 Å². The summed E-state index contributed by atoms with van der Waals surface area (Å²) in [5.74, 6) is 0.514. The van der Waals surface area contributed by atoms with E-state index >= 15 is 0 Å². The van der Waals surface area contributed by atoms with Gasteiger partial charge in [-0.25, -0.2) is 0 Å². The molecule has 3 aromatic rings. The maximum absolute atomic E-state index is 12.8. The van der Waals surface area contributed by atoms with Crippen LogP contribution in [0.3, 0.4) is 0 Å². The molecule has 3 heterocycles. The molecule has 0 bridgehead atoms. The van der Waals surface area contributed by atoms with Gasteiger partial charge in [-0.1, -0.05) is 23.7 Å². The molecular formula is C22H23ClN4O4. The van der Waals surface area contributed by atoms with E-state index in [1.54, 1.807) is 30.3 Å². The van der Waals surface area contributed by atoms with Crippen LogP contribution >= 0.6 is 11.6 Å². The number of benzene rings is 1. The summed E-state index contributed by atoms with van der Waals surface area (Å²) in [7, 11) is 1.63. The standard InChI is InChI=1S/C22H23ClN4O4/c1-26-13-15(6-7-21(26)28)22(29)27-9-11-31-20(14-27)18-12-16(24-25-18)8-10-30-19-5-3-2-4-17(19)23/h2-7,12-13,20H,8-11,14H2,1H3,(H,24,25)/t20-/m1/s1. The third-order valence-corrected chi connectivity index (χ3v) is 5.44. The van der Waals surface area contributed by atoms with E-state index < -0.39 is 0 Å².